The summed E-state index contributed by atoms with van der Waals surface area (Å²) >= 11 is 0. The maximum Gasteiger partial charge on any atom is 0.220 e. The first-order chi connectivity index (χ1) is 20.2. The van der Waals surface area contributed by atoms with Crippen LogP contribution in [0.3, 0.4) is 0 Å². The zero-order valence-electron chi connectivity index (χ0n) is 29.6. The number of ether oxygens (including phenoxy) is 3. The van der Waals surface area contributed by atoms with Crippen molar-refractivity contribution in [2.45, 2.75) is 136 Å². The second-order valence-electron chi connectivity index (χ2n) is 17.0. The Morgan fingerprint density at radius 1 is 0.953 bits per heavy atom. The van der Waals surface area contributed by atoms with Gasteiger partial charge in [-0.2, -0.15) is 0 Å². The van der Waals surface area contributed by atoms with Gasteiger partial charge in [-0.3, -0.25) is 4.79 Å². The molecule has 1 N–H and O–H groups in total. The van der Waals surface area contributed by atoms with Crippen LogP contribution in [0.1, 0.15) is 106 Å². The van der Waals surface area contributed by atoms with Crippen LogP contribution in [0, 0.1) is 46.3 Å². The highest BCUT2D eigenvalue weighted by atomic mass is 28.4. The number of carbonyl (C=O) groups is 1. The fraction of sp³-hybridized carbons (Fsp3) is 0.972. The molecular weight excluding hydrogens is 554 g/mol. The van der Waals surface area contributed by atoms with Crippen LogP contribution in [0.2, 0.25) is 18.1 Å². The summed E-state index contributed by atoms with van der Waals surface area (Å²) in [5, 5.41) is 3.30. The molecule has 4 saturated carbocycles. The Bertz CT molecular complexity index is 922. The van der Waals surface area contributed by atoms with Crippen LogP contribution >= 0.6 is 0 Å². The summed E-state index contributed by atoms with van der Waals surface area (Å²) in [7, 11) is 1.88. The lowest BCUT2D eigenvalue weighted by Crippen LogP contribution is -2.59. The van der Waals surface area contributed by atoms with E-state index in [0.717, 1.165) is 18.3 Å². The van der Waals surface area contributed by atoms with Crippen molar-refractivity contribution in [3.8, 4) is 0 Å². The van der Waals surface area contributed by atoms with Gasteiger partial charge in [0.1, 0.15) is 0 Å². The average Bonchev–Trinajstić information content (AvgIpc) is 3.30. The van der Waals surface area contributed by atoms with Crippen molar-refractivity contribution in [1.82, 2.24) is 5.32 Å². The SMILES string of the molecule is COCCOCCNC(=O)CCC(C)[C@H]1CC[C@H]2[C@@H]3[C@H](OC)C[C@@H]4C[C@H](O[Si](C)(C)C(C)(C)C)CC[C@]4(C)[C@H]3CC[C@]12C. The van der Waals surface area contributed by atoms with E-state index in [2.05, 4.69) is 60.0 Å². The summed E-state index contributed by atoms with van der Waals surface area (Å²) in [5.74, 6) is 4.28. The Balaban J connectivity index is 1.37. The standard InChI is InChI=1S/C36H67NO5Si/c1-25(11-14-32(38)37-19-20-41-22-21-39-7)28-12-13-29-33-30(16-18-36(28,29)6)35(5)17-15-27(23-26(35)24-31(33)40-8)42-43(9,10)34(2,3)4/h25-31,33H,11-24H2,1-10H3,(H,37,38)/t25?,26-,27+,28+,29-,30-,31+,33-,35-,36+/m0/s1. The van der Waals surface area contributed by atoms with Crippen molar-refractivity contribution >= 4 is 14.2 Å². The third-order valence-electron chi connectivity index (χ3n) is 13.8. The minimum Gasteiger partial charge on any atom is -0.414 e. The summed E-state index contributed by atoms with van der Waals surface area (Å²) in [5.41, 5.74) is 0.762. The van der Waals surface area contributed by atoms with E-state index in [1.807, 2.05) is 7.11 Å². The highest BCUT2D eigenvalue weighted by molar-refractivity contribution is 6.74. The molecule has 0 aromatic heterocycles. The highest BCUT2D eigenvalue weighted by Gasteiger charge is 2.63. The lowest BCUT2D eigenvalue weighted by atomic mass is 9.43. The molecule has 0 aromatic rings. The van der Waals surface area contributed by atoms with Crippen molar-refractivity contribution in [3.63, 3.8) is 0 Å². The van der Waals surface area contributed by atoms with E-state index in [9.17, 15) is 4.79 Å². The van der Waals surface area contributed by atoms with Gasteiger partial charge in [-0.1, -0.05) is 41.5 Å². The molecule has 0 aromatic carbocycles. The van der Waals surface area contributed by atoms with E-state index in [-0.39, 0.29) is 10.9 Å². The second kappa shape index (κ2) is 14.1. The smallest absolute Gasteiger partial charge is 0.220 e. The van der Waals surface area contributed by atoms with Gasteiger partial charge in [0.05, 0.1) is 25.9 Å². The van der Waals surface area contributed by atoms with Gasteiger partial charge in [0.25, 0.3) is 0 Å². The minimum atomic E-state index is -1.77. The number of nitrogens with one attached hydrogen (secondary N) is 1. The molecule has 4 aliphatic rings. The quantitative estimate of drug-likeness (QED) is 0.168. The van der Waals surface area contributed by atoms with Gasteiger partial charge in [0.15, 0.2) is 8.32 Å². The zero-order valence-corrected chi connectivity index (χ0v) is 30.6. The van der Waals surface area contributed by atoms with E-state index in [1.54, 1.807) is 7.11 Å². The molecule has 250 valence electrons. The van der Waals surface area contributed by atoms with Crippen molar-refractivity contribution in [2.75, 3.05) is 40.6 Å². The average molecular weight is 622 g/mol. The first-order valence-corrected chi connectivity index (χ1v) is 20.6. The number of rotatable bonds is 13. The maximum atomic E-state index is 12.6. The predicted octanol–water partition coefficient (Wildman–Crippen LogP) is 7.86. The van der Waals surface area contributed by atoms with E-state index < -0.39 is 8.32 Å². The third-order valence-corrected chi connectivity index (χ3v) is 18.3. The predicted molar refractivity (Wildman–Crippen MR) is 178 cm³/mol. The molecule has 0 heterocycles. The van der Waals surface area contributed by atoms with Gasteiger partial charge in [0, 0.05) is 33.3 Å². The molecule has 0 bridgehead atoms. The summed E-state index contributed by atoms with van der Waals surface area (Å²) < 4.78 is 23.9. The van der Waals surface area contributed by atoms with E-state index in [4.69, 9.17) is 18.6 Å². The van der Waals surface area contributed by atoms with Gasteiger partial charge in [-0.25, -0.2) is 0 Å². The van der Waals surface area contributed by atoms with Crippen LogP contribution < -0.4 is 5.32 Å². The Morgan fingerprint density at radius 3 is 2.33 bits per heavy atom. The number of amides is 1. The molecule has 0 saturated heterocycles. The van der Waals surface area contributed by atoms with Crippen molar-refractivity contribution < 1.29 is 23.4 Å². The lowest BCUT2D eigenvalue weighted by molar-refractivity contribution is -0.181. The monoisotopic (exact) mass is 621 g/mol. The molecule has 4 rings (SSSR count). The van der Waals surface area contributed by atoms with Crippen molar-refractivity contribution in [2.24, 2.45) is 46.3 Å². The number of carbonyl (C=O) groups excluding carboxylic acids is 1. The summed E-state index contributed by atoms with van der Waals surface area (Å²) in [6.45, 7) is 21.9. The first kappa shape index (κ1) is 35.4. The van der Waals surface area contributed by atoms with E-state index in [0.29, 0.717) is 79.5 Å². The van der Waals surface area contributed by atoms with E-state index in [1.165, 1.54) is 51.4 Å². The Hall–Kier alpha value is -0.473. The molecule has 1 amide bonds. The maximum absolute atomic E-state index is 12.6. The summed E-state index contributed by atoms with van der Waals surface area (Å²) in [4.78, 5) is 12.6. The number of hydrogen-bond donors (Lipinski definition) is 1. The first-order valence-electron chi connectivity index (χ1n) is 17.7. The van der Waals surface area contributed by atoms with E-state index >= 15 is 0 Å². The van der Waals surface area contributed by atoms with Crippen molar-refractivity contribution in [3.05, 3.63) is 0 Å². The van der Waals surface area contributed by atoms with Gasteiger partial charge < -0.3 is 24.0 Å². The fourth-order valence-corrected chi connectivity index (χ4v) is 11.6. The molecule has 7 heteroatoms. The molecule has 0 aliphatic heterocycles. The lowest BCUT2D eigenvalue weighted by Gasteiger charge is -2.63. The van der Waals surface area contributed by atoms with Crippen LogP contribution in [-0.4, -0.2) is 67.0 Å². The van der Waals surface area contributed by atoms with Gasteiger partial charge >= 0.3 is 0 Å². The molecule has 0 radical (unpaired) electrons. The summed E-state index contributed by atoms with van der Waals surface area (Å²) in [6, 6.07) is 0. The number of hydrogen-bond acceptors (Lipinski definition) is 5. The van der Waals surface area contributed by atoms with Crippen LogP contribution in [-0.2, 0) is 23.4 Å². The topological polar surface area (TPSA) is 66.0 Å². The number of fused-ring (bicyclic) bond motifs is 5. The van der Waals surface area contributed by atoms with Crippen LogP contribution in [0.4, 0.5) is 0 Å². The Labute approximate surface area is 265 Å². The fourth-order valence-electron chi connectivity index (χ4n) is 10.2. The molecule has 1 unspecified atom stereocenters. The zero-order chi connectivity index (χ0) is 31.6. The third kappa shape index (κ3) is 7.42. The van der Waals surface area contributed by atoms with Crippen LogP contribution in [0.25, 0.3) is 0 Å². The van der Waals surface area contributed by atoms with Gasteiger partial charge in [-0.15, -0.1) is 0 Å². The van der Waals surface area contributed by atoms with Crippen LogP contribution in [0.5, 0.6) is 0 Å². The minimum absolute atomic E-state index is 0.157. The molecule has 6 nitrogen and oxygen atoms in total. The second-order valence-corrected chi connectivity index (χ2v) is 21.7. The Kier molecular flexibility index (Phi) is 11.6. The molecule has 4 aliphatic carbocycles. The molecule has 43 heavy (non-hydrogen) atoms. The summed E-state index contributed by atoms with van der Waals surface area (Å²) in [6.07, 6.45) is 12.6. The van der Waals surface area contributed by atoms with Crippen LogP contribution in [0.15, 0.2) is 0 Å². The highest BCUT2D eigenvalue weighted by Crippen LogP contribution is 2.69. The Morgan fingerprint density at radius 2 is 1.65 bits per heavy atom. The molecule has 10 atom stereocenters. The van der Waals surface area contributed by atoms with Crippen molar-refractivity contribution in [1.29, 1.82) is 0 Å². The van der Waals surface area contributed by atoms with Gasteiger partial charge in [-0.05, 0) is 122 Å². The van der Waals surface area contributed by atoms with Gasteiger partial charge in [0.2, 0.25) is 5.91 Å². The normalized spacial score (nSPS) is 38.6. The molecule has 4 fully saturated rings. The number of methoxy groups -OCH3 is 2. The molecule has 0 spiro atoms. The molecular formula is C36H67NO5Si. The largest absolute Gasteiger partial charge is 0.414 e.